The first kappa shape index (κ1) is 21.1. The number of hydroxylamine groups is 1. The van der Waals surface area contributed by atoms with Gasteiger partial charge in [-0.3, -0.25) is 5.21 Å². The summed E-state index contributed by atoms with van der Waals surface area (Å²) in [5, 5.41) is 88.3. The van der Waals surface area contributed by atoms with Gasteiger partial charge in [0.15, 0.2) is 17.3 Å². The van der Waals surface area contributed by atoms with Crippen LogP contribution in [0.15, 0.2) is 5.28 Å². The molecule has 2 fully saturated rings. The van der Waals surface area contributed by atoms with E-state index >= 15 is 0 Å². The van der Waals surface area contributed by atoms with Gasteiger partial charge in [0.2, 0.25) is 5.28 Å². The van der Waals surface area contributed by atoms with Gasteiger partial charge in [-0.15, -0.1) is 0 Å². The molecule has 2 heterocycles. The molecular weight excluding hydrogens is 364 g/mol. The second-order valence-electron chi connectivity index (χ2n) is 5.94. The highest BCUT2D eigenvalue weighted by Crippen LogP contribution is 2.29. The lowest BCUT2D eigenvalue weighted by Crippen LogP contribution is -2.65. The van der Waals surface area contributed by atoms with Crippen molar-refractivity contribution >= 4 is 0 Å². The van der Waals surface area contributed by atoms with E-state index in [1.54, 1.807) is 0 Å². The molecule has 14 heteroatoms. The van der Waals surface area contributed by atoms with Gasteiger partial charge in [0, 0.05) is 0 Å². The molecule has 0 bridgehead atoms. The molecule has 2 rings (SSSR count). The Morgan fingerprint density at radius 1 is 0.808 bits per heavy atom. The maximum absolute atomic E-state index is 10.2. The van der Waals surface area contributed by atoms with E-state index in [1.165, 1.54) is 0 Å². The standard InChI is InChI=1S/C12H22N2O12/c15-1-3-5(17)6(18)9(21)12(25-3)26-10-4(2-16)24-11(14(23)13-22)8(20)7(10)19/h3-12,15-21,23H,1-2H2/p+1/t3-,4-,5+,6+,7-,8-,9-,10-,11-,12+/m1/s1. The molecule has 2 aliphatic heterocycles. The van der Waals surface area contributed by atoms with Crippen LogP contribution in [0.5, 0.6) is 0 Å². The summed E-state index contributed by atoms with van der Waals surface area (Å²) in [4.78, 5) is -0.180. The van der Waals surface area contributed by atoms with Crippen molar-refractivity contribution in [3.8, 4) is 0 Å². The predicted octanol–water partition coefficient (Wildman–Crippen LogP) is -5.15. The van der Waals surface area contributed by atoms with Crippen LogP contribution >= 0.6 is 0 Å². The van der Waals surface area contributed by atoms with Gasteiger partial charge in [-0.2, -0.15) is 0 Å². The van der Waals surface area contributed by atoms with Crippen LogP contribution in [0.3, 0.4) is 0 Å². The minimum absolute atomic E-state index is 0.180. The first-order valence-electron chi connectivity index (χ1n) is 7.68. The zero-order chi connectivity index (χ0) is 19.6. The lowest BCUT2D eigenvalue weighted by Gasteiger charge is -2.44. The molecule has 0 aromatic rings. The van der Waals surface area contributed by atoms with E-state index in [1.807, 2.05) is 0 Å². The number of nitrogens with zero attached hydrogens (tertiary/aromatic N) is 2. The Bertz CT molecular complexity index is 491. The van der Waals surface area contributed by atoms with Crippen molar-refractivity contribution in [3.05, 3.63) is 0 Å². The summed E-state index contributed by atoms with van der Waals surface area (Å²) in [6, 6.07) is 0. The number of hydrogen-bond donors (Lipinski definition) is 9. The highest BCUT2D eigenvalue weighted by Gasteiger charge is 2.54. The Balaban J connectivity index is 2.16. The molecule has 10 atom stereocenters. The van der Waals surface area contributed by atoms with E-state index in [4.69, 9.17) is 24.5 Å². The van der Waals surface area contributed by atoms with E-state index in [0.29, 0.717) is 0 Å². The molecule has 0 aromatic carbocycles. The monoisotopic (exact) mass is 387 g/mol. The lowest BCUT2D eigenvalue weighted by atomic mass is 9.96. The number of hydrogen-bond acceptors (Lipinski definition) is 11. The van der Waals surface area contributed by atoms with Crippen LogP contribution in [0.25, 0.3) is 0 Å². The highest BCUT2D eigenvalue weighted by molar-refractivity contribution is 4.93. The van der Waals surface area contributed by atoms with E-state index in [-0.39, 0.29) is 4.86 Å². The molecule has 0 saturated carbocycles. The summed E-state index contributed by atoms with van der Waals surface area (Å²) in [5.41, 5.74) is 0. The van der Waals surface area contributed by atoms with Crippen molar-refractivity contribution in [2.24, 2.45) is 5.28 Å². The smallest absolute Gasteiger partial charge is 0.366 e. The van der Waals surface area contributed by atoms with Gasteiger partial charge < -0.3 is 55.2 Å². The van der Waals surface area contributed by atoms with E-state index in [9.17, 15) is 35.8 Å². The average molecular weight is 387 g/mol. The fourth-order valence-corrected chi connectivity index (χ4v) is 2.81. The number of ether oxygens (including phenoxy) is 3. The van der Waals surface area contributed by atoms with E-state index in [0.717, 1.165) is 0 Å². The van der Waals surface area contributed by atoms with E-state index < -0.39 is 74.6 Å². The summed E-state index contributed by atoms with van der Waals surface area (Å²) < 4.78 is 15.5. The summed E-state index contributed by atoms with van der Waals surface area (Å²) in [6.07, 6.45) is -16.4. The van der Waals surface area contributed by atoms with Gasteiger partial charge in [0.05, 0.1) is 13.2 Å². The Kier molecular flexibility index (Phi) is 7.03. The second kappa shape index (κ2) is 8.66. The predicted molar refractivity (Wildman–Crippen MR) is 72.7 cm³/mol. The highest BCUT2D eigenvalue weighted by atomic mass is 16.7. The van der Waals surface area contributed by atoms with Crippen molar-refractivity contribution < 1.29 is 65.2 Å². The molecule has 0 amide bonds. The number of rotatable bonds is 5. The molecule has 0 radical (unpaired) electrons. The summed E-state index contributed by atoms with van der Waals surface area (Å²) in [6.45, 7) is -1.48. The molecule has 26 heavy (non-hydrogen) atoms. The Morgan fingerprint density at radius 3 is 1.96 bits per heavy atom. The summed E-state index contributed by atoms with van der Waals surface area (Å²) >= 11 is 0. The zero-order valence-corrected chi connectivity index (χ0v) is 13.3. The van der Waals surface area contributed by atoms with Crippen LogP contribution in [0.1, 0.15) is 0 Å². The molecule has 14 nitrogen and oxygen atoms in total. The zero-order valence-electron chi connectivity index (χ0n) is 13.3. The first-order chi connectivity index (χ1) is 12.3. The van der Waals surface area contributed by atoms with Gasteiger partial charge in [0.25, 0.3) is 0 Å². The largest absolute Gasteiger partial charge is 0.394 e. The van der Waals surface area contributed by atoms with Gasteiger partial charge in [-0.25, -0.2) is 0 Å². The van der Waals surface area contributed by atoms with Crippen LogP contribution in [0, 0.1) is 0 Å². The minimum Gasteiger partial charge on any atom is -0.394 e. The van der Waals surface area contributed by atoms with Crippen molar-refractivity contribution in [3.63, 3.8) is 0 Å². The van der Waals surface area contributed by atoms with Gasteiger partial charge in [-0.05, 0) is 0 Å². The third-order valence-corrected chi connectivity index (χ3v) is 4.30. The number of aliphatic hydroxyl groups is 7. The van der Waals surface area contributed by atoms with Crippen molar-refractivity contribution in [1.82, 2.24) is 0 Å². The molecule has 152 valence electrons. The Morgan fingerprint density at radius 2 is 1.42 bits per heavy atom. The van der Waals surface area contributed by atoms with Crippen molar-refractivity contribution in [2.45, 2.75) is 61.3 Å². The average Bonchev–Trinajstić information content (AvgIpc) is 2.65. The minimum atomic E-state index is -1.87. The van der Waals surface area contributed by atoms with Crippen molar-refractivity contribution in [2.75, 3.05) is 13.2 Å². The molecule has 2 saturated heterocycles. The van der Waals surface area contributed by atoms with Crippen LogP contribution < -0.4 is 0 Å². The normalized spacial score (nSPS) is 47.7. The van der Waals surface area contributed by atoms with Crippen molar-refractivity contribution in [1.29, 1.82) is 0 Å². The van der Waals surface area contributed by atoms with Crippen LogP contribution in [-0.4, -0.2) is 126 Å². The van der Waals surface area contributed by atoms with Crippen LogP contribution in [-0.2, 0) is 14.2 Å². The molecule has 2 aliphatic rings. The lowest BCUT2D eigenvalue weighted by molar-refractivity contribution is -0.888. The molecular formula is C12H23N2O12+. The third-order valence-electron chi connectivity index (χ3n) is 4.30. The molecule has 0 spiro atoms. The summed E-state index contributed by atoms with van der Waals surface area (Å²) in [7, 11) is 0. The van der Waals surface area contributed by atoms with Crippen LogP contribution in [0.4, 0.5) is 0 Å². The topological polar surface area (TPSA) is 225 Å². The van der Waals surface area contributed by atoms with E-state index in [2.05, 4.69) is 5.28 Å². The Labute approximate surface area is 146 Å². The maximum Gasteiger partial charge on any atom is 0.366 e. The third kappa shape index (κ3) is 3.89. The molecule has 0 aliphatic carbocycles. The summed E-state index contributed by atoms with van der Waals surface area (Å²) in [5.74, 6) is 0. The fourth-order valence-electron chi connectivity index (χ4n) is 2.81. The molecule has 0 aromatic heterocycles. The van der Waals surface area contributed by atoms with Crippen LogP contribution in [0.2, 0.25) is 0 Å². The quantitative estimate of drug-likeness (QED) is 0.123. The molecule has 0 unspecified atom stereocenters. The van der Waals surface area contributed by atoms with Gasteiger partial charge >= 0.3 is 6.23 Å². The van der Waals surface area contributed by atoms with Gasteiger partial charge in [-0.1, -0.05) is 0 Å². The fraction of sp³-hybridized carbons (Fsp3) is 1.00. The molecule has 9 N–H and O–H groups in total. The SMILES string of the molecule is OC[C@H]1O[C@@H](O[C@H]2[C@H](O)[C@@H](O)[C@H]([N+](O)=NO)O[C@@H]2CO)[C@H](O)[C@@H](O)[C@H]1O. The van der Waals surface area contributed by atoms with Gasteiger partial charge in [0.1, 0.15) is 42.7 Å². The first-order valence-corrected chi connectivity index (χ1v) is 7.68. The number of aliphatic hydroxyl groups excluding tert-OH is 7. The Hall–Kier alpha value is -1.20. The second-order valence-corrected chi connectivity index (χ2v) is 5.94. The maximum atomic E-state index is 10.2.